The minimum Gasteiger partial charge on any atom is -0.490 e. The van der Waals surface area contributed by atoms with E-state index in [4.69, 9.17) is 21.1 Å². The monoisotopic (exact) mass is 713 g/mol. The second-order valence-corrected chi connectivity index (χ2v) is 17.8. The summed E-state index contributed by atoms with van der Waals surface area (Å²) in [4.78, 5) is 31.0. The van der Waals surface area contributed by atoms with Crippen molar-refractivity contribution in [2.75, 3.05) is 44.8 Å². The molecule has 49 heavy (non-hydrogen) atoms. The summed E-state index contributed by atoms with van der Waals surface area (Å²) in [6.45, 7) is 5.90. The van der Waals surface area contributed by atoms with Gasteiger partial charge in [0, 0.05) is 42.7 Å². The van der Waals surface area contributed by atoms with Crippen molar-refractivity contribution in [2.45, 2.75) is 87.6 Å². The Bertz CT molecular complexity index is 1740. The number of sulfonamides is 1. The molecule has 2 fully saturated rings. The zero-order valence-electron chi connectivity index (χ0n) is 28.6. The van der Waals surface area contributed by atoms with Gasteiger partial charge in [0.05, 0.1) is 24.2 Å². The molecule has 5 aliphatic rings. The van der Waals surface area contributed by atoms with Crippen LogP contribution in [-0.4, -0.2) is 87.1 Å². The van der Waals surface area contributed by atoms with Crippen LogP contribution in [0.4, 0.5) is 5.69 Å². The number of aryl methyl sites for hydroxylation is 1. The summed E-state index contributed by atoms with van der Waals surface area (Å²) in [6, 6.07) is 11.2. The maximum absolute atomic E-state index is 13.6. The van der Waals surface area contributed by atoms with Gasteiger partial charge in [0.2, 0.25) is 10.0 Å². The summed E-state index contributed by atoms with van der Waals surface area (Å²) in [5.74, 6) is -0.713. The van der Waals surface area contributed by atoms with E-state index in [1.54, 1.807) is 37.1 Å². The Kier molecular flexibility index (Phi) is 9.20. The zero-order valence-corrected chi connectivity index (χ0v) is 30.2. The molecule has 266 valence electrons. The van der Waals surface area contributed by atoms with Crippen LogP contribution < -0.4 is 14.4 Å². The van der Waals surface area contributed by atoms with E-state index >= 15 is 0 Å². The van der Waals surface area contributed by atoms with Crippen LogP contribution in [0.2, 0.25) is 5.02 Å². The molecule has 7 rings (SSSR count). The van der Waals surface area contributed by atoms with Crippen molar-refractivity contribution in [3.63, 3.8) is 0 Å². The fourth-order valence-corrected chi connectivity index (χ4v) is 10.6. The van der Waals surface area contributed by atoms with E-state index < -0.39 is 32.9 Å². The van der Waals surface area contributed by atoms with E-state index in [1.807, 2.05) is 13.0 Å². The summed E-state index contributed by atoms with van der Waals surface area (Å²) in [6.07, 6.45) is 4.78. The third kappa shape index (κ3) is 6.23. The maximum atomic E-state index is 13.6. The number of halogens is 1. The number of hydrogen-bond acceptors (Lipinski definition) is 8. The average molecular weight is 714 g/mol. The first-order valence-electron chi connectivity index (χ1n) is 17.8. The van der Waals surface area contributed by atoms with E-state index in [0.717, 1.165) is 37.8 Å². The predicted octanol–water partition coefficient (Wildman–Crippen LogP) is 4.70. The molecule has 2 aromatic rings. The van der Waals surface area contributed by atoms with Crippen molar-refractivity contribution in [3.05, 3.63) is 58.1 Å². The Hall–Kier alpha value is -2.86. The van der Waals surface area contributed by atoms with Crippen LogP contribution in [0.1, 0.15) is 80.3 Å². The first-order valence-corrected chi connectivity index (χ1v) is 19.7. The van der Waals surface area contributed by atoms with Crippen LogP contribution in [0.3, 0.4) is 0 Å². The first-order chi connectivity index (χ1) is 23.3. The number of aliphatic hydroxyl groups is 1. The number of nitrogens with one attached hydrogen (secondary N) is 1. The van der Waals surface area contributed by atoms with Crippen molar-refractivity contribution >= 4 is 39.1 Å². The summed E-state index contributed by atoms with van der Waals surface area (Å²) in [5, 5.41) is 12.5. The van der Waals surface area contributed by atoms with Crippen LogP contribution >= 0.6 is 11.6 Å². The molecule has 10 nitrogen and oxygen atoms in total. The van der Waals surface area contributed by atoms with E-state index in [0.29, 0.717) is 62.9 Å². The number of rotatable bonds is 1. The highest BCUT2D eigenvalue weighted by molar-refractivity contribution is 7.90. The molecular weight excluding hydrogens is 666 g/mol. The quantitative estimate of drug-likeness (QED) is 0.436. The summed E-state index contributed by atoms with van der Waals surface area (Å²) in [5.41, 5.74) is 1.61. The summed E-state index contributed by atoms with van der Waals surface area (Å²) >= 11 is 6.44. The van der Waals surface area contributed by atoms with Gasteiger partial charge in [0.1, 0.15) is 11.4 Å². The van der Waals surface area contributed by atoms with Gasteiger partial charge in [-0.1, -0.05) is 31.0 Å². The number of nitrogens with zero attached hydrogens (tertiary/aromatic N) is 2. The van der Waals surface area contributed by atoms with Crippen LogP contribution in [0.25, 0.3) is 0 Å². The van der Waals surface area contributed by atoms with Crippen molar-refractivity contribution in [1.29, 1.82) is 0 Å². The van der Waals surface area contributed by atoms with E-state index in [-0.39, 0.29) is 34.6 Å². The molecule has 0 radical (unpaired) electrons. The van der Waals surface area contributed by atoms with Crippen molar-refractivity contribution in [2.24, 2.45) is 17.8 Å². The smallest absolute Gasteiger partial charge is 0.264 e. The van der Waals surface area contributed by atoms with Gasteiger partial charge < -0.3 is 24.4 Å². The highest BCUT2D eigenvalue weighted by Gasteiger charge is 2.56. The number of benzene rings is 2. The standard InChI is InChI=1S/C37H48ClN3O7S/c1-23-6-4-15-37(44,33-35(43)40(3)16-17-47-33)30-11-8-27(30)20-41-21-36(14-5-7-25-18-28(38)10-12-29(25)36)22-48-32-13-9-26(19-31(32)41)34(42)39-49(45,46)24(23)2/h9-10,12-13,18-19,23-24,27,30,33,44H,4-8,11,14-17,20-22H2,1-3H3,(H,39,42)/t23-,24+,27-,30+,33+,36-,37-/m0/s1. The number of fused-ring (bicyclic) bond motifs is 4. The lowest BCUT2D eigenvalue weighted by Gasteiger charge is -2.53. The lowest BCUT2D eigenvalue weighted by Crippen LogP contribution is -2.64. The third-order valence-electron chi connectivity index (χ3n) is 12.3. The molecule has 2 N–H and O–H groups in total. The second-order valence-electron chi connectivity index (χ2n) is 15.3. The van der Waals surface area contributed by atoms with E-state index in [2.05, 4.69) is 21.8 Å². The van der Waals surface area contributed by atoms with Gasteiger partial charge in [-0.2, -0.15) is 0 Å². The van der Waals surface area contributed by atoms with Crippen molar-refractivity contribution < 1.29 is 32.6 Å². The number of carbonyl (C=O) groups is 2. The molecule has 2 bridgehead atoms. The second kappa shape index (κ2) is 13.0. The maximum Gasteiger partial charge on any atom is 0.264 e. The number of carbonyl (C=O) groups excluding carboxylic acids is 2. The molecule has 0 unspecified atom stereocenters. The molecule has 3 aliphatic heterocycles. The molecule has 12 heteroatoms. The summed E-state index contributed by atoms with van der Waals surface area (Å²) < 4.78 is 42.0. The Morgan fingerprint density at radius 2 is 1.86 bits per heavy atom. The molecule has 2 amide bonds. The molecule has 2 aromatic carbocycles. The highest BCUT2D eigenvalue weighted by atomic mass is 35.5. The topological polar surface area (TPSA) is 125 Å². The van der Waals surface area contributed by atoms with Gasteiger partial charge in [-0.15, -0.1) is 0 Å². The van der Waals surface area contributed by atoms with E-state index in [9.17, 15) is 23.1 Å². The van der Waals surface area contributed by atoms with Crippen LogP contribution in [-0.2, 0) is 31.4 Å². The fourth-order valence-electron chi connectivity index (χ4n) is 9.07. The van der Waals surface area contributed by atoms with Gasteiger partial charge in [-0.25, -0.2) is 13.1 Å². The number of ether oxygens (including phenoxy) is 2. The van der Waals surface area contributed by atoms with Gasteiger partial charge in [-0.05, 0) is 111 Å². The number of amides is 2. The SMILES string of the molecule is C[C@@H]1[C@@H](C)CCC[C@@](O)([C@@H]2OCCN(C)C2=O)[C@@H]2CC[C@H]2CN2C[C@@]3(CCCc4cc(Cl)ccc43)COc3ccc(cc32)C(=O)NS1(=O)=O. The fraction of sp³-hybridized carbons (Fsp3) is 0.622. The Labute approximate surface area is 294 Å². The molecule has 1 spiro atoms. The average Bonchev–Trinajstić information content (AvgIpc) is 3.20. The van der Waals surface area contributed by atoms with E-state index in [1.165, 1.54) is 11.1 Å². The third-order valence-corrected chi connectivity index (χ3v) is 14.5. The van der Waals surface area contributed by atoms with Gasteiger partial charge in [0.25, 0.3) is 11.8 Å². The van der Waals surface area contributed by atoms with Gasteiger partial charge in [0.15, 0.2) is 6.10 Å². The zero-order chi connectivity index (χ0) is 34.7. The first kappa shape index (κ1) is 34.6. The number of hydrogen-bond donors (Lipinski definition) is 2. The van der Waals surface area contributed by atoms with Gasteiger partial charge in [-0.3, -0.25) is 9.59 Å². The Morgan fingerprint density at radius 1 is 1.04 bits per heavy atom. The Balaban J connectivity index is 1.32. The largest absolute Gasteiger partial charge is 0.490 e. The number of likely N-dealkylation sites (N-methyl/N-ethyl adjacent to an activating group) is 1. The van der Waals surface area contributed by atoms with Crippen molar-refractivity contribution in [3.8, 4) is 5.75 Å². The van der Waals surface area contributed by atoms with Crippen LogP contribution in [0, 0.1) is 17.8 Å². The number of anilines is 1. The molecule has 1 saturated heterocycles. The predicted molar refractivity (Wildman–Crippen MR) is 188 cm³/mol. The van der Waals surface area contributed by atoms with Crippen LogP contribution in [0.15, 0.2) is 36.4 Å². The van der Waals surface area contributed by atoms with Crippen molar-refractivity contribution in [1.82, 2.24) is 9.62 Å². The molecule has 1 saturated carbocycles. The molecule has 7 atom stereocenters. The van der Waals surface area contributed by atoms with Crippen LogP contribution in [0.5, 0.6) is 5.75 Å². The molecule has 3 heterocycles. The molecule has 0 aromatic heterocycles. The van der Waals surface area contributed by atoms with Gasteiger partial charge >= 0.3 is 0 Å². The summed E-state index contributed by atoms with van der Waals surface area (Å²) in [7, 11) is -2.27. The number of morpholine rings is 1. The molecular formula is C37H48ClN3O7S. The lowest BCUT2D eigenvalue weighted by molar-refractivity contribution is -0.202. The minimum atomic E-state index is -4.01. The Morgan fingerprint density at radius 3 is 2.63 bits per heavy atom. The minimum absolute atomic E-state index is 0.0482. The highest BCUT2D eigenvalue weighted by Crippen LogP contribution is 2.50. The molecule has 2 aliphatic carbocycles. The lowest BCUT2D eigenvalue weighted by atomic mass is 9.60. The normalized spacial score (nSPS) is 34.9.